The highest BCUT2D eigenvalue weighted by Crippen LogP contribution is 2.30. The zero-order valence-electron chi connectivity index (χ0n) is 14.5. The van der Waals surface area contributed by atoms with Crippen LogP contribution in [0.1, 0.15) is 5.01 Å². The number of nitrogens with zero attached hydrogens (tertiary/aromatic N) is 2. The maximum absolute atomic E-state index is 12.2. The molecule has 0 saturated carbocycles. The van der Waals surface area contributed by atoms with Crippen molar-refractivity contribution in [3.8, 4) is 0 Å². The number of para-hydroxylation sites is 1. The summed E-state index contributed by atoms with van der Waals surface area (Å²) in [4.78, 5) is 6.29. The highest BCUT2D eigenvalue weighted by molar-refractivity contribution is 7.91. The van der Waals surface area contributed by atoms with Gasteiger partial charge in [0, 0.05) is 19.6 Å². The third kappa shape index (κ3) is 3.89. The summed E-state index contributed by atoms with van der Waals surface area (Å²) in [5.74, 6) is 0. The van der Waals surface area contributed by atoms with E-state index in [0.29, 0.717) is 12.2 Å². The van der Waals surface area contributed by atoms with Crippen molar-refractivity contribution >= 4 is 46.9 Å². The molecule has 0 N–H and O–H groups in total. The van der Waals surface area contributed by atoms with Crippen molar-refractivity contribution in [2.24, 2.45) is 0 Å². The first-order valence-corrected chi connectivity index (χ1v) is 12.3. The summed E-state index contributed by atoms with van der Waals surface area (Å²) in [6, 6.07) is 11.9. The molecule has 0 saturated heterocycles. The minimum absolute atomic E-state index is 0.0102. The van der Waals surface area contributed by atoms with Gasteiger partial charge in [-0.1, -0.05) is 12.1 Å². The molecule has 0 fully saturated rings. The smallest absolute Gasteiger partial charge is 0.177 e. The third-order valence-electron chi connectivity index (χ3n) is 3.88. The van der Waals surface area contributed by atoms with Crippen molar-refractivity contribution in [1.82, 2.24) is 4.98 Å². The standard InChI is InChI=1S/C17H18N2O4S3/c1-19(11-17-18-13-6-4-5-7-15(13)24-17)14-9-8-12(25(2,20)21)10-16(14)26(3,22)23/h4-10H,11H2,1-3H3. The van der Waals surface area contributed by atoms with E-state index >= 15 is 0 Å². The number of thiazole rings is 1. The molecule has 26 heavy (non-hydrogen) atoms. The van der Waals surface area contributed by atoms with Gasteiger partial charge in [0.1, 0.15) is 5.01 Å². The number of sulfone groups is 2. The number of hydrogen-bond acceptors (Lipinski definition) is 7. The Kier molecular flexibility index (Phi) is 4.80. The quantitative estimate of drug-likeness (QED) is 0.643. The average molecular weight is 411 g/mol. The summed E-state index contributed by atoms with van der Waals surface area (Å²) in [5.41, 5.74) is 1.34. The SMILES string of the molecule is CN(Cc1nc2ccccc2s1)c1ccc(S(C)(=O)=O)cc1S(C)(=O)=O. The fourth-order valence-corrected chi connectivity index (χ4v) is 5.30. The van der Waals surface area contributed by atoms with Crippen LogP contribution >= 0.6 is 11.3 Å². The first-order chi connectivity index (χ1) is 12.1. The lowest BCUT2D eigenvalue weighted by Crippen LogP contribution is -2.19. The van der Waals surface area contributed by atoms with Crippen molar-refractivity contribution in [3.05, 3.63) is 47.5 Å². The molecule has 1 aromatic heterocycles. The van der Waals surface area contributed by atoms with Crippen molar-refractivity contribution in [3.63, 3.8) is 0 Å². The van der Waals surface area contributed by atoms with Gasteiger partial charge >= 0.3 is 0 Å². The Morgan fingerprint density at radius 3 is 2.31 bits per heavy atom. The van der Waals surface area contributed by atoms with Crippen LogP contribution in [0.3, 0.4) is 0 Å². The lowest BCUT2D eigenvalue weighted by Gasteiger charge is -2.21. The zero-order valence-corrected chi connectivity index (χ0v) is 17.0. The molecule has 3 rings (SSSR count). The topological polar surface area (TPSA) is 84.4 Å². The Hall–Kier alpha value is -1.97. The molecule has 0 spiro atoms. The van der Waals surface area contributed by atoms with E-state index < -0.39 is 19.7 Å². The number of aromatic nitrogens is 1. The van der Waals surface area contributed by atoms with Crippen LogP contribution in [0.25, 0.3) is 10.2 Å². The molecule has 2 aromatic carbocycles. The van der Waals surface area contributed by atoms with E-state index in [1.165, 1.54) is 18.2 Å². The molecule has 0 aliphatic rings. The van der Waals surface area contributed by atoms with Crippen LogP contribution in [0.2, 0.25) is 0 Å². The number of anilines is 1. The van der Waals surface area contributed by atoms with Crippen molar-refractivity contribution < 1.29 is 16.8 Å². The third-order valence-corrected chi connectivity index (χ3v) is 7.14. The zero-order chi connectivity index (χ0) is 19.1. The van der Waals surface area contributed by atoms with Crippen LogP contribution in [0.4, 0.5) is 5.69 Å². The second-order valence-corrected chi connectivity index (χ2v) is 11.2. The summed E-state index contributed by atoms with van der Waals surface area (Å²) < 4.78 is 49.0. The van der Waals surface area contributed by atoms with Crippen molar-refractivity contribution in [2.45, 2.75) is 16.3 Å². The largest absolute Gasteiger partial charge is 0.367 e. The highest BCUT2D eigenvalue weighted by Gasteiger charge is 2.20. The first-order valence-electron chi connectivity index (χ1n) is 7.65. The molecular formula is C17H18N2O4S3. The fraction of sp³-hybridized carbons (Fsp3) is 0.235. The first kappa shape index (κ1) is 18.8. The number of benzene rings is 2. The molecule has 0 unspecified atom stereocenters. The van der Waals surface area contributed by atoms with Gasteiger partial charge in [0.15, 0.2) is 19.7 Å². The van der Waals surface area contributed by atoms with Crippen LogP contribution in [-0.4, -0.2) is 41.4 Å². The molecule has 0 bridgehead atoms. The maximum atomic E-state index is 12.2. The molecule has 0 radical (unpaired) electrons. The van der Waals surface area contributed by atoms with Gasteiger partial charge in [0.2, 0.25) is 0 Å². The molecule has 9 heteroatoms. The lowest BCUT2D eigenvalue weighted by atomic mass is 10.3. The van der Waals surface area contributed by atoms with Gasteiger partial charge in [-0.2, -0.15) is 0 Å². The van der Waals surface area contributed by atoms with Crippen LogP contribution in [0, 0.1) is 0 Å². The molecule has 0 amide bonds. The molecular weight excluding hydrogens is 392 g/mol. The Balaban J connectivity index is 2.01. The van der Waals surface area contributed by atoms with E-state index in [9.17, 15) is 16.8 Å². The molecule has 0 atom stereocenters. The van der Waals surface area contributed by atoms with E-state index in [2.05, 4.69) is 4.98 Å². The second kappa shape index (κ2) is 6.64. The Labute approximate surface area is 157 Å². The molecule has 6 nitrogen and oxygen atoms in total. The minimum Gasteiger partial charge on any atom is -0.367 e. The van der Waals surface area contributed by atoms with Crippen LogP contribution in [0.5, 0.6) is 0 Å². The van der Waals surface area contributed by atoms with Gasteiger partial charge in [-0.15, -0.1) is 11.3 Å². The van der Waals surface area contributed by atoms with E-state index in [1.54, 1.807) is 23.3 Å². The second-order valence-electron chi connectivity index (χ2n) is 6.11. The Bertz CT molecular complexity index is 1150. The lowest BCUT2D eigenvalue weighted by molar-refractivity contribution is 0.600. The van der Waals surface area contributed by atoms with Gasteiger partial charge in [-0.25, -0.2) is 21.8 Å². The summed E-state index contributed by atoms with van der Waals surface area (Å²) in [6.45, 7) is 0.417. The fourth-order valence-electron chi connectivity index (χ4n) is 2.61. The number of rotatable bonds is 5. The molecule has 0 aliphatic carbocycles. The van der Waals surface area contributed by atoms with E-state index in [0.717, 1.165) is 27.7 Å². The average Bonchev–Trinajstić information content (AvgIpc) is 2.94. The van der Waals surface area contributed by atoms with Crippen LogP contribution in [-0.2, 0) is 26.2 Å². The number of fused-ring (bicyclic) bond motifs is 1. The summed E-state index contributed by atoms with van der Waals surface area (Å²) in [5, 5.41) is 0.848. The minimum atomic E-state index is -3.60. The van der Waals surface area contributed by atoms with E-state index in [-0.39, 0.29) is 9.79 Å². The summed E-state index contributed by atoms with van der Waals surface area (Å²) >= 11 is 1.54. The Morgan fingerprint density at radius 1 is 1.00 bits per heavy atom. The molecule has 138 valence electrons. The highest BCUT2D eigenvalue weighted by atomic mass is 32.2. The predicted molar refractivity (Wildman–Crippen MR) is 104 cm³/mol. The summed E-state index contributed by atoms with van der Waals surface area (Å²) in [7, 11) is -5.34. The van der Waals surface area contributed by atoms with Gasteiger partial charge < -0.3 is 4.90 Å². The van der Waals surface area contributed by atoms with Crippen molar-refractivity contribution in [1.29, 1.82) is 0 Å². The maximum Gasteiger partial charge on any atom is 0.177 e. The van der Waals surface area contributed by atoms with Crippen LogP contribution < -0.4 is 4.90 Å². The summed E-state index contributed by atoms with van der Waals surface area (Å²) in [6.07, 6.45) is 2.13. The molecule has 3 aromatic rings. The van der Waals surface area contributed by atoms with Gasteiger partial charge in [0.25, 0.3) is 0 Å². The van der Waals surface area contributed by atoms with Crippen LogP contribution in [0.15, 0.2) is 52.3 Å². The van der Waals surface area contributed by atoms with E-state index in [1.807, 2.05) is 24.3 Å². The van der Waals surface area contributed by atoms with Crippen molar-refractivity contribution in [2.75, 3.05) is 24.5 Å². The normalized spacial score (nSPS) is 12.4. The predicted octanol–water partition coefficient (Wildman–Crippen LogP) is 2.74. The van der Waals surface area contributed by atoms with E-state index in [4.69, 9.17) is 0 Å². The number of hydrogen-bond donors (Lipinski definition) is 0. The Morgan fingerprint density at radius 2 is 1.69 bits per heavy atom. The van der Waals surface area contributed by atoms with Gasteiger partial charge in [-0.3, -0.25) is 0 Å². The monoisotopic (exact) mass is 410 g/mol. The van der Waals surface area contributed by atoms with Gasteiger partial charge in [0.05, 0.1) is 32.2 Å². The molecule has 1 heterocycles. The van der Waals surface area contributed by atoms with Gasteiger partial charge in [-0.05, 0) is 30.3 Å². The molecule has 0 aliphatic heterocycles.